The van der Waals surface area contributed by atoms with Crippen molar-refractivity contribution in [1.29, 1.82) is 0 Å². The minimum atomic E-state index is -0.372. The molecule has 0 atom stereocenters. The molecule has 0 unspecified atom stereocenters. The van der Waals surface area contributed by atoms with Gasteiger partial charge in [-0.15, -0.1) is 0 Å². The number of ether oxygens (including phenoxy) is 2. The Bertz CT molecular complexity index is 690. The van der Waals surface area contributed by atoms with Gasteiger partial charge in [-0.3, -0.25) is 4.90 Å². The number of carbonyl (C=O) groups is 1. The molecule has 0 spiro atoms. The van der Waals surface area contributed by atoms with Crippen LogP contribution in [0.1, 0.15) is 41.3 Å². The molecule has 0 saturated heterocycles. The third kappa shape index (κ3) is 4.86. The van der Waals surface area contributed by atoms with Crippen LogP contribution in [-0.2, 0) is 17.8 Å². The lowest BCUT2D eigenvalue weighted by molar-refractivity contribution is 0.0599. The zero-order valence-corrected chi connectivity index (χ0v) is 15.0. The summed E-state index contributed by atoms with van der Waals surface area (Å²) in [7, 11) is 3.37. The monoisotopic (exact) mass is 331 g/mol. The highest BCUT2D eigenvalue weighted by Crippen LogP contribution is 2.19. The second-order valence-electron chi connectivity index (χ2n) is 6.16. The Morgan fingerprint density at radius 1 is 1.25 bits per heavy atom. The summed E-state index contributed by atoms with van der Waals surface area (Å²) in [5.74, 6) is 1.82. The molecule has 0 aliphatic heterocycles. The molecule has 1 aromatic carbocycles. The molecule has 2 rings (SSSR count). The maximum absolute atomic E-state index is 11.6. The molecular weight excluding hydrogens is 306 g/mol. The van der Waals surface area contributed by atoms with Crippen molar-refractivity contribution in [2.75, 3.05) is 14.2 Å². The molecule has 5 nitrogen and oxygen atoms in total. The summed E-state index contributed by atoms with van der Waals surface area (Å²) in [6.45, 7) is 7.14. The van der Waals surface area contributed by atoms with Gasteiger partial charge in [0.05, 0.1) is 19.8 Å². The number of benzene rings is 1. The normalized spacial score (nSPS) is 11.1. The van der Waals surface area contributed by atoms with E-state index in [1.807, 2.05) is 39.1 Å². The van der Waals surface area contributed by atoms with Gasteiger partial charge in [-0.25, -0.2) is 4.79 Å². The molecule has 0 saturated carbocycles. The number of methoxy groups -OCH3 is 1. The van der Waals surface area contributed by atoms with E-state index in [1.165, 1.54) is 7.11 Å². The molecule has 5 heteroatoms. The number of aryl methyl sites for hydroxylation is 1. The van der Waals surface area contributed by atoms with E-state index in [4.69, 9.17) is 13.9 Å². The molecule has 1 heterocycles. The first-order chi connectivity index (χ1) is 11.4. The molecule has 0 aliphatic rings. The highest BCUT2D eigenvalue weighted by atomic mass is 16.5. The van der Waals surface area contributed by atoms with E-state index >= 15 is 0 Å². The average molecular weight is 331 g/mol. The predicted molar refractivity (Wildman–Crippen MR) is 92.2 cm³/mol. The Morgan fingerprint density at radius 2 is 2.00 bits per heavy atom. The lowest BCUT2D eigenvalue weighted by Gasteiger charge is -2.16. The second-order valence-corrected chi connectivity index (χ2v) is 6.16. The number of esters is 1. The van der Waals surface area contributed by atoms with Crippen LogP contribution in [0.4, 0.5) is 0 Å². The molecule has 24 heavy (non-hydrogen) atoms. The molecule has 0 amide bonds. The molecule has 0 N–H and O–H groups in total. The quantitative estimate of drug-likeness (QED) is 0.723. The van der Waals surface area contributed by atoms with E-state index in [0.29, 0.717) is 17.9 Å². The third-order valence-corrected chi connectivity index (χ3v) is 3.52. The van der Waals surface area contributed by atoms with Crippen molar-refractivity contribution in [2.24, 2.45) is 0 Å². The minimum absolute atomic E-state index is 0.154. The van der Waals surface area contributed by atoms with Crippen molar-refractivity contribution in [3.8, 4) is 5.75 Å². The topological polar surface area (TPSA) is 51.9 Å². The van der Waals surface area contributed by atoms with Gasteiger partial charge in [-0.05, 0) is 51.6 Å². The molecule has 0 bridgehead atoms. The summed E-state index contributed by atoms with van der Waals surface area (Å²) in [5.41, 5.74) is 1.64. The van der Waals surface area contributed by atoms with Crippen molar-refractivity contribution in [3.63, 3.8) is 0 Å². The smallest absolute Gasteiger partial charge is 0.341 e. The van der Waals surface area contributed by atoms with Gasteiger partial charge in [-0.1, -0.05) is 12.1 Å². The number of hydrogen-bond donors (Lipinski definition) is 0. The van der Waals surface area contributed by atoms with Gasteiger partial charge in [-0.2, -0.15) is 0 Å². The molecule has 2 aromatic rings. The highest BCUT2D eigenvalue weighted by molar-refractivity contribution is 5.90. The van der Waals surface area contributed by atoms with Gasteiger partial charge in [0.25, 0.3) is 0 Å². The van der Waals surface area contributed by atoms with E-state index in [2.05, 4.69) is 11.0 Å². The molecule has 1 aromatic heterocycles. The van der Waals surface area contributed by atoms with Crippen LogP contribution in [0.5, 0.6) is 5.75 Å². The number of carbonyl (C=O) groups excluding carboxylic acids is 1. The molecule has 0 aliphatic carbocycles. The van der Waals surface area contributed by atoms with Crippen LogP contribution >= 0.6 is 0 Å². The van der Waals surface area contributed by atoms with Gasteiger partial charge >= 0.3 is 5.97 Å². The van der Waals surface area contributed by atoms with Crippen LogP contribution in [-0.4, -0.2) is 31.1 Å². The summed E-state index contributed by atoms with van der Waals surface area (Å²) in [6, 6.07) is 9.81. The van der Waals surface area contributed by atoms with Gasteiger partial charge in [0.2, 0.25) is 0 Å². The fourth-order valence-electron chi connectivity index (χ4n) is 2.56. The van der Waals surface area contributed by atoms with Crippen molar-refractivity contribution >= 4 is 5.97 Å². The van der Waals surface area contributed by atoms with Crippen LogP contribution in [0.25, 0.3) is 0 Å². The first kappa shape index (κ1) is 18.1. The fraction of sp³-hybridized carbons (Fsp3) is 0.421. The SMILES string of the molecule is COC(=O)c1cc(CN(C)Cc2cccc(OC(C)C)c2)oc1C. The fourth-order valence-corrected chi connectivity index (χ4v) is 2.56. The Hall–Kier alpha value is -2.27. The first-order valence-electron chi connectivity index (χ1n) is 8.00. The predicted octanol–water partition coefficient (Wildman–Crippen LogP) is 3.79. The molecular formula is C19H25NO4. The largest absolute Gasteiger partial charge is 0.491 e. The maximum Gasteiger partial charge on any atom is 0.341 e. The Morgan fingerprint density at radius 3 is 2.67 bits per heavy atom. The lowest BCUT2D eigenvalue weighted by Crippen LogP contribution is -2.17. The Balaban J connectivity index is 2.01. The van der Waals surface area contributed by atoms with Crippen molar-refractivity contribution in [1.82, 2.24) is 4.90 Å². The van der Waals surface area contributed by atoms with Crippen molar-refractivity contribution in [3.05, 3.63) is 53.0 Å². The van der Waals surface area contributed by atoms with Crippen LogP contribution < -0.4 is 4.74 Å². The molecule has 130 valence electrons. The van der Waals surface area contributed by atoms with Crippen LogP contribution in [0, 0.1) is 6.92 Å². The van der Waals surface area contributed by atoms with E-state index in [1.54, 1.807) is 13.0 Å². The van der Waals surface area contributed by atoms with Gasteiger partial charge in [0.15, 0.2) is 0 Å². The van der Waals surface area contributed by atoms with E-state index in [-0.39, 0.29) is 12.1 Å². The number of nitrogens with zero attached hydrogens (tertiary/aromatic N) is 1. The van der Waals surface area contributed by atoms with Crippen molar-refractivity contribution < 1.29 is 18.7 Å². The van der Waals surface area contributed by atoms with Crippen LogP contribution in [0.15, 0.2) is 34.7 Å². The average Bonchev–Trinajstić information content (AvgIpc) is 2.86. The first-order valence-corrected chi connectivity index (χ1v) is 8.00. The van der Waals surface area contributed by atoms with E-state index in [9.17, 15) is 4.79 Å². The molecule has 0 fully saturated rings. The van der Waals surface area contributed by atoms with E-state index in [0.717, 1.165) is 23.6 Å². The van der Waals surface area contributed by atoms with Crippen LogP contribution in [0.3, 0.4) is 0 Å². The number of furan rings is 1. The summed E-state index contributed by atoms with van der Waals surface area (Å²) >= 11 is 0. The minimum Gasteiger partial charge on any atom is -0.491 e. The zero-order chi connectivity index (χ0) is 17.7. The standard InChI is InChI=1S/C19H25NO4/c1-13(2)23-16-8-6-7-15(9-16)11-20(4)12-17-10-18(14(3)24-17)19(21)22-5/h6-10,13H,11-12H2,1-5H3. The van der Waals surface area contributed by atoms with Gasteiger partial charge in [0.1, 0.15) is 22.8 Å². The van der Waals surface area contributed by atoms with E-state index < -0.39 is 0 Å². The second kappa shape index (κ2) is 8.02. The molecule has 0 radical (unpaired) electrons. The van der Waals surface area contributed by atoms with Crippen molar-refractivity contribution in [2.45, 2.75) is 40.0 Å². The third-order valence-electron chi connectivity index (χ3n) is 3.52. The Kier molecular flexibility index (Phi) is 6.04. The maximum atomic E-state index is 11.6. The lowest BCUT2D eigenvalue weighted by atomic mass is 10.2. The zero-order valence-electron chi connectivity index (χ0n) is 15.0. The summed E-state index contributed by atoms with van der Waals surface area (Å²) < 4.78 is 16.1. The highest BCUT2D eigenvalue weighted by Gasteiger charge is 2.16. The Labute approximate surface area is 143 Å². The number of hydrogen-bond acceptors (Lipinski definition) is 5. The number of rotatable bonds is 7. The van der Waals surface area contributed by atoms with Crippen LogP contribution in [0.2, 0.25) is 0 Å². The van der Waals surface area contributed by atoms with Gasteiger partial charge in [0, 0.05) is 6.54 Å². The summed E-state index contributed by atoms with van der Waals surface area (Å²) in [4.78, 5) is 13.8. The summed E-state index contributed by atoms with van der Waals surface area (Å²) in [6.07, 6.45) is 0.154. The summed E-state index contributed by atoms with van der Waals surface area (Å²) in [5, 5.41) is 0. The van der Waals surface area contributed by atoms with Gasteiger partial charge < -0.3 is 13.9 Å².